The third-order valence-corrected chi connectivity index (χ3v) is 2.87. The van der Waals surface area contributed by atoms with Gasteiger partial charge in [0.1, 0.15) is 0 Å². The molecule has 5 nitrogen and oxygen atoms in total. The van der Waals surface area contributed by atoms with Crippen LogP contribution in [0.25, 0.3) is 0 Å². The van der Waals surface area contributed by atoms with Crippen LogP contribution in [-0.2, 0) is 4.74 Å². The smallest absolute Gasteiger partial charge is 0.322 e. The first kappa shape index (κ1) is 11.9. The summed E-state index contributed by atoms with van der Waals surface area (Å²) in [6, 6.07) is 3.71. The molecule has 1 fully saturated rings. The Labute approximate surface area is 101 Å². The minimum absolute atomic E-state index is 0.0758. The van der Waals surface area contributed by atoms with Gasteiger partial charge in [0.2, 0.25) is 0 Å². The van der Waals surface area contributed by atoms with Gasteiger partial charge in [-0.25, -0.2) is 4.79 Å². The van der Waals surface area contributed by atoms with Crippen LogP contribution >= 0.6 is 0 Å². The summed E-state index contributed by atoms with van der Waals surface area (Å²) in [4.78, 5) is 17.9. The molecule has 1 aromatic heterocycles. The second kappa shape index (κ2) is 5.63. The van der Waals surface area contributed by atoms with Crippen LogP contribution in [0.2, 0.25) is 0 Å². The van der Waals surface area contributed by atoms with E-state index < -0.39 is 0 Å². The van der Waals surface area contributed by atoms with Crippen molar-refractivity contribution >= 4 is 11.7 Å². The molecule has 0 aromatic carbocycles. The molecule has 5 heteroatoms. The molecule has 0 aliphatic carbocycles. The Morgan fingerprint density at radius 2 is 2.59 bits per heavy atom. The van der Waals surface area contributed by atoms with Crippen LogP contribution in [0.4, 0.5) is 10.5 Å². The molecule has 1 aromatic rings. The van der Waals surface area contributed by atoms with Gasteiger partial charge in [0, 0.05) is 12.7 Å². The zero-order valence-corrected chi connectivity index (χ0v) is 9.93. The van der Waals surface area contributed by atoms with Crippen LogP contribution in [0, 0.1) is 0 Å². The topological polar surface area (TPSA) is 54.5 Å². The lowest BCUT2D eigenvalue weighted by molar-refractivity contribution is 0.0144. The fourth-order valence-corrected chi connectivity index (χ4v) is 1.89. The van der Waals surface area contributed by atoms with Crippen molar-refractivity contribution in [1.82, 2.24) is 9.88 Å². The Hall–Kier alpha value is -1.62. The molecule has 1 aliphatic rings. The largest absolute Gasteiger partial charge is 0.377 e. The van der Waals surface area contributed by atoms with Gasteiger partial charge in [0.05, 0.1) is 31.1 Å². The lowest BCUT2D eigenvalue weighted by Gasteiger charge is -2.34. The maximum atomic E-state index is 12.1. The number of carbonyl (C=O) groups is 1. The number of nitrogens with zero attached hydrogens (tertiary/aromatic N) is 2. The molecule has 1 unspecified atom stereocenters. The number of hydrogen-bond acceptors (Lipinski definition) is 3. The molecule has 17 heavy (non-hydrogen) atoms. The molecule has 1 aliphatic heterocycles. The minimum atomic E-state index is -0.0758. The normalized spacial score (nSPS) is 20.1. The monoisotopic (exact) mass is 235 g/mol. The Kier molecular flexibility index (Phi) is 3.93. The average molecular weight is 235 g/mol. The van der Waals surface area contributed by atoms with Gasteiger partial charge < -0.3 is 15.0 Å². The Balaban J connectivity index is 1.99. The van der Waals surface area contributed by atoms with Gasteiger partial charge in [0.25, 0.3) is 0 Å². The second-order valence-electron chi connectivity index (χ2n) is 4.00. The van der Waals surface area contributed by atoms with Gasteiger partial charge in [-0.1, -0.05) is 6.92 Å². The summed E-state index contributed by atoms with van der Waals surface area (Å²) in [6.45, 7) is 3.93. The number of nitrogens with one attached hydrogen (secondary N) is 1. The van der Waals surface area contributed by atoms with Crippen LogP contribution in [0.1, 0.15) is 13.3 Å². The maximum Gasteiger partial charge on any atom is 0.322 e. The first-order chi connectivity index (χ1) is 8.31. The van der Waals surface area contributed by atoms with Crippen LogP contribution in [0.5, 0.6) is 0 Å². The number of rotatable bonds is 2. The van der Waals surface area contributed by atoms with E-state index in [1.165, 1.54) is 0 Å². The number of morpholine rings is 1. The molecule has 0 bridgehead atoms. The molecule has 0 saturated carbocycles. The third-order valence-electron chi connectivity index (χ3n) is 2.87. The highest BCUT2D eigenvalue weighted by atomic mass is 16.5. The SMILES string of the molecule is CCC1COCCN1C(=O)Nc1cccnc1. The van der Waals surface area contributed by atoms with Crippen molar-refractivity contribution in [3.8, 4) is 0 Å². The van der Waals surface area contributed by atoms with Crippen molar-refractivity contribution in [2.45, 2.75) is 19.4 Å². The van der Waals surface area contributed by atoms with Crippen LogP contribution in [-0.4, -0.2) is 41.7 Å². The van der Waals surface area contributed by atoms with Crippen molar-refractivity contribution in [3.63, 3.8) is 0 Å². The highest BCUT2D eigenvalue weighted by Crippen LogP contribution is 2.13. The quantitative estimate of drug-likeness (QED) is 0.849. The summed E-state index contributed by atoms with van der Waals surface area (Å²) < 4.78 is 5.37. The number of carbonyl (C=O) groups excluding carboxylic acids is 1. The van der Waals surface area contributed by atoms with E-state index in [0.717, 1.165) is 12.1 Å². The van der Waals surface area contributed by atoms with E-state index in [2.05, 4.69) is 17.2 Å². The van der Waals surface area contributed by atoms with Gasteiger partial charge in [-0.2, -0.15) is 0 Å². The van der Waals surface area contributed by atoms with Crippen LogP contribution in [0.15, 0.2) is 24.5 Å². The van der Waals surface area contributed by atoms with E-state index in [-0.39, 0.29) is 12.1 Å². The van der Waals surface area contributed by atoms with Gasteiger partial charge >= 0.3 is 6.03 Å². The number of amides is 2. The first-order valence-corrected chi connectivity index (χ1v) is 5.86. The Morgan fingerprint density at radius 3 is 3.29 bits per heavy atom. The van der Waals surface area contributed by atoms with E-state index in [9.17, 15) is 4.79 Å². The van der Waals surface area contributed by atoms with E-state index in [0.29, 0.717) is 19.8 Å². The molecule has 1 atom stereocenters. The van der Waals surface area contributed by atoms with Crippen molar-refractivity contribution in [2.75, 3.05) is 25.1 Å². The number of hydrogen-bond donors (Lipinski definition) is 1. The Bertz CT molecular complexity index is 369. The molecule has 2 rings (SSSR count). The average Bonchev–Trinajstić information content (AvgIpc) is 2.40. The van der Waals surface area contributed by atoms with Crippen molar-refractivity contribution < 1.29 is 9.53 Å². The summed E-state index contributed by atoms with van der Waals surface area (Å²) in [5, 5.41) is 2.84. The van der Waals surface area contributed by atoms with Crippen molar-refractivity contribution in [1.29, 1.82) is 0 Å². The lowest BCUT2D eigenvalue weighted by atomic mass is 10.2. The van der Waals surface area contributed by atoms with E-state index in [4.69, 9.17) is 4.74 Å². The molecule has 1 N–H and O–H groups in total. The zero-order chi connectivity index (χ0) is 12.1. The fourth-order valence-electron chi connectivity index (χ4n) is 1.89. The molecular weight excluding hydrogens is 218 g/mol. The number of anilines is 1. The number of ether oxygens (including phenoxy) is 1. The zero-order valence-electron chi connectivity index (χ0n) is 9.93. The van der Waals surface area contributed by atoms with Crippen molar-refractivity contribution in [3.05, 3.63) is 24.5 Å². The number of urea groups is 1. The fraction of sp³-hybridized carbons (Fsp3) is 0.500. The highest BCUT2D eigenvalue weighted by molar-refractivity contribution is 5.89. The maximum absolute atomic E-state index is 12.1. The lowest BCUT2D eigenvalue weighted by Crippen LogP contribution is -2.50. The molecule has 0 spiro atoms. The minimum Gasteiger partial charge on any atom is -0.377 e. The summed E-state index contributed by atoms with van der Waals surface area (Å²) in [7, 11) is 0. The number of pyridine rings is 1. The third kappa shape index (κ3) is 2.94. The summed E-state index contributed by atoms with van der Waals surface area (Å²) in [5.41, 5.74) is 0.721. The second-order valence-corrected chi connectivity index (χ2v) is 4.00. The van der Waals surface area contributed by atoms with Gasteiger partial charge in [-0.05, 0) is 18.6 Å². The van der Waals surface area contributed by atoms with E-state index in [1.54, 1.807) is 18.5 Å². The molecular formula is C12H17N3O2. The molecule has 1 saturated heterocycles. The van der Waals surface area contributed by atoms with Gasteiger partial charge in [-0.15, -0.1) is 0 Å². The molecule has 2 heterocycles. The molecule has 0 radical (unpaired) electrons. The van der Waals surface area contributed by atoms with Gasteiger partial charge in [0.15, 0.2) is 0 Å². The van der Waals surface area contributed by atoms with E-state index >= 15 is 0 Å². The standard InChI is InChI=1S/C12H17N3O2/c1-2-11-9-17-7-6-15(11)12(16)14-10-4-3-5-13-8-10/h3-5,8,11H,2,6-7,9H2,1H3,(H,14,16). The summed E-state index contributed by atoms with van der Waals surface area (Å²) >= 11 is 0. The van der Waals surface area contributed by atoms with Crippen LogP contribution in [0.3, 0.4) is 0 Å². The summed E-state index contributed by atoms with van der Waals surface area (Å²) in [5.74, 6) is 0. The number of aromatic nitrogens is 1. The van der Waals surface area contributed by atoms with Crippen LogP contribution < -0.4 is 5.32 Å². The van der Waals surface area contributed by atoms with Crippen molar-refractivity contribution in [2.24, 2.45) is 0 Å². The molecule has 92 valence electrons. The molecule has 2 amide bonds. The first-order valence-electron chi connectivity index (χ1n) is 5.86. The Morgan fingerprint density at radius 1 is 1.71 bits per heavy atom. The predicted molar refractivity (Wildman–Crippen MR) is 64.9 cm³/mol. The summed E-state index contributed by atoms with van der Waals surface area (Å²) in [6.07, 6.45) is 4.22. The predicted octanol–water partition coefficient (Wildman–Crippen LogP) is 1.72. The van der Waals surface area contributed by atoms with E-state index in [1.807, 2.05) is 11.0 Å². The highest BCUT2D eigenvalue weighted by Gasteiger charge is 2.25. The van der Waals surface area contributed by atoms with Gasteiger partial charge in [-0.3, -0.25) is 4.98 Å².